The number of hydrogen-bond donors (Lipinski definition) is 2. The molecular formula is C13H15N5O2. The van der Waals surface area contributed by atoms with Crippen LogP contribution in [0.25, 0.3) is 11.4 Å². The van der Waals surface area contributed by atoms with Crippen LogP contribution < -0.4 is 5.32 Å². The minimum atomic E-state index is -0.0915. The summed E-state index contributed by atoms with van der Waals surface area (Å²) in [7, 11) is 0. The monoisotopic (exact) mass is 273 g/mol. The molecule has 0 radical (unpaired) electrons. The van der Waals surface area contributed by atoms with Gasteiger partial charge in [0.1, 0.15) is 11.6 Å². The number of hydrogen-bond acceptors (Lipinski definition) is 5. The molecule has 1 aliphatic heterocycles. The quantitative estimate of drug-likeness (QED) is 0.875. The summed E-state index contributed by atoms with van der Waals surface area (Å²) >= 11 is 0. The number of nitrogens with zero attached hydrogens (tertiary/aromatic N) is 3. The maximum absolute atomic E-state index is 12.0. The maximum Gasteiger partial charge on any atom is 0.231 e. The van der Waals surface area contributed by atoms with Gasteiger partial charge in [0, 0.05) is 18.4 Å². The largest absolute Gasteiger partial charge is 0.381 e. The van der Waals surface area contributed by atoms with Crippen molar-refractivity contribution in [1.29, 1.82) is 0 Å². The van der Waals surface area contributed by atoms with Crippen LogP contribution in [0, 0.1) is 12.8 Å². The third kappa shape index (κ3) is 2.67. The second-order valence-corrected chi connectivity index (χ2v) is 4.72. The van der Waals surface area contributed by atoms with Crippen molar-refractivity contribution in [3.63, 3.8) is 0 Å². The van der Waals surface area contributed by atoms with Crippen molar-refractivity contribution in [2.24, 2.45) is 5.92 Å². The minimum absolute atomic E-state index is 0.0571. The zero-order chi connectivity index (χ0) is 13.9. The van der Waals surface area contributed by atoms with Gasteiger partial charge in [-0.1, -0.05) is 0 Å². The zero-order valence-electron chi connectivity index (χ0n) is 11.1. The number of aryl methyl sites for hydroxylation is 1. The van der Waals surface area contributed by atoms with E-state index in [1.54, 1.807) is 18.3 Å². The van der Waals surface area contributed by atoms with Gasteiger partial charge in [-0.15, -0.1) is 0 Å². The molecule has 0 saturated carbocycles. The lowest BCUT2D eigenvalue weighted by Gasteiger charge is -2.08. The highest BCUT2D eigenvalue weighted by atomic mass is 16.5. The molecule has 1 unspecified atom stereocenters. The molecule has 1 saturated heterocycles. The molecule has 20 heavy (non-hydrogen) atoms. The van der Waals surface area contributed by atoms with Crippen molar-refractivity contribution < 1.29 is 9.53 Å². The van der Waals surface area contributed by atoms with Crippen LogP contribution in [-0.4, -0.2) is 39.3 Å². The lowest BCUT2D eigenvalue weighted by Crippen LogP contribution is -2.23. The number of aromatic nitrogens is 4. The van der Waals surface area contributed by atoms with E-state index in [4.69, 9.17) is 4.74 Å². The first-order valence-corrected chi connectivity index (χ1v) is 6.46. The molecule has 1 amide bonds. The first kappa shape index (κ1) is 12.7. The van der Waals surface area contributed by atoms with Crippen molar-refractivity contribution in [3.8, 4) is 11.4 Å². The number of aromatic amines is 1. The molecule has 2 aromatic rings. The Morgan fingerprint density at radius 3 is 3.15 bits per heavy atom. The Balaban J connectivity index is 1.75. The number of ether oxygens (including phenoxy) is 1. The SMILES string of the molecule is Cc1nc(-c2ccnc(NC(=O)C3CCOC3)c2)n[nH]1. The van der Waals surface area contributed by atoms with E-state index in [1.165, 1.54) is 0 Å². The highest BCUT2D eigenvalue weighted by molar-refractivity contribution is 5.92. The van der Waals surface area contributed by atoms with E-state index in [0.717, 1.165) is 17.8 Å². The molecular weight excluding hydrogens is 258 g/mol. The lowest BCUT2D eigenvalue weighted by molar-refractivity contribution is -0.119. The van der Waals surface area contributed by atoms with Gasteiger partial charge in [0.05, 0.1) is 12.5 Å². The van der Waals surface area contributed by atoms with Crippen LogP contribution in [0.4, 0.5) is 5.82 Å². The van der Waals surface area contributed by atoms with Gasteiger partial charge in [0.15, 0.2) is 5.82 Å². The summed E-state index contributed by atoms with van der Waals surface area (Å²) < 4.78 is 5.21. The van der Waals surface area contributed by atoms with Crippen LogP contribution in [0.2, 0.25) is 0 Å². The second kappa shape index (κ2) is 5.38. The molecule has 7 heteroatoms. The van der Waals surface area contributed by atoms with E-state index in [2.05, 4.69) is 25.5 Å². The number of nitrogens with one attached hydrogen (secondary N) is 2. The predicted octanol–water partition coefficient (Wildman–Crippen LogP) is 1.15. The zero-order valence-corrected chi connectivity index (χ0v) is 11.1. The molecule has 0 aliphatic carbocycles. The number of pyridine rings is 1. The number of carbonyl (C=O) groups is 1. The topological polar surface area (TPSA) is 92.8 Å². The average molecular weight is 273 g/mol. The van der Waals surface area contributed by atoms with Crippen molar-refractivity contribution in [3.05, 3.63) is 24.2 Å². The van der Waals surface area contributed by atoms with Gasteiger partial charge in [-0.3, -0.25) is 9.89 Å². The Morgan fingerprint density at radius 1 is 1.55 bits per heavy atom. The first-order chi connectivity index (χ1) is 9.72. The first-order valence-electron chi connectivity index (χ1n) is 6.46. The van der Waals surface area contributed by atoms with E-state index >= 15 is 0 Å². The molecule has 104 valence electrons. The van der Waals surface area contributed by atoms with Gasteiger partial charge in [0.2, 0.25) is 5.91 Å². The molecule has 7 nitrogen and oxygen atoms in total. The summed E-state index contributed by atoms with van der Waals surface area (Å²) in [5.41, 5.74) is 0.808. The third-order valence-electron chi connectivity index (χ3n) is 3.17. The predicted molar refractivity (Wildman–Crippen MR) is 71.9 cm³/mol. The van der Waals surface area contributed by atoms with Gasteiger partial charge >= 0.3 is 0 Å². The van der Waals surface area contributed by atoms with Gasteiger partial charge in [-0.2, -0.15) is 5.10 Å². The van der Waals surface area contributed by atoms with Crippen LogP contribution in [0.5, 0.6) is 0 Å². The highest BCUT2D eigenvalue weighted by Crippen LogP contribution is 2.19. The molecule has 3 heterocycles. The van der Waals surface area contributed by atoms with Crippen molar-refractivity contribution in [2.75, 3.05) is 18.5 Å². The van der Waals surface area contributed by atoms with Crippen LogP contribution >= 0.6 is 0 Å². The molecule has 1 atom stereocenters. The normalized spacial score (nSPS) is 18.1. The molecule has 1 fully saturated rings. The number of anilines is 1. The van der Waals surface area contributed by atoms with Crippen LogP contribution in [-0.2, 0) is 9.53 Å². The number of rotatable bonds is 3. The fourth-order valence-electron chi connectivity index (χ4n) is 2.08. The van der Waals surface area contributed by atoms with E-state index in [-0.39, 0.29) is 11.8 Å². The Hall–Kier alpha value is -2.28. The van der Waals surface area contributed by atoms with Gasteiger partial charge in [0.25, 0.3) is 0 Å². The van der Waals surface area contributed by atoms with Gasteiger partial charge < -0.3 is 10.1 Å². The van der Waals surface area contributed by atoms with Crippen LogP contribution in [0.15, 0.2) is 18.3 Å². The van der Waals surface area contributed by atoms with Gasteiger partial charge in [-0.05, 0) is 25.5 Å². The maximum atomic E-state index is 12.0. The smallest absolute Gasteiger partial charge is 0.231 e. The van der Waals surface area contributed by atoms with E-state index in [9.17, 15) is 4.79 Å². The lowest BCUT2D eigenvalue weighted by atomic mass is 10.1. The Labute approximate surface area is 115 Å². The fraction of sp³-hybridized carbons (Fsp3) is 0.385. The summed E-state index contributed by atoms with van der Waals surface area (Å²) in [5.74, 6) is 1.68. The van der Waals surface area contributed by atoms with E-state index < -0.39 is 0 Å². The Morgan fingerprint density at radius 2 is 2.45 bits per heavy atom. The van der Waals surface area contributed by atoms with E-state index in [0.29, 0.717) is 24.9 Å². The number of carbonyl (C=O) groups excluding carboxylic acids is 1. The molecule has 0 aromatic carbocycles. The summed E-state index contributed by atoms with van der Waals surface area (Å²) in [5, 5.41) is 9.68. The fourth-order valence-corrected chi connectivity index (χ4v) is 2.08. The van der Waals surface area contributed by atoms with Crippen molar-refractivity contribution in [1.82, 2.24) is 20.2 Å². The molecule has 2 N–H and O–H groups in total. The molecule has 1 aliphatic rings. The van der Waals surface area contributed by atoms with Crippen LogP contribution in [0.1, 0.15) is 12.2 Å². The minimum Gasteiger partial charge on any atom is -0.381 e. The van der Waals surface area contributed by atoms with Crippen molar-refractivity contribution in [2.45, 2.75) is 13.3 Å². The number of H-pyrrole nitrogens is 1. The van der Waals surface area contributed by atoms with E-state index in [1.807, 2.05) is 6.92 Å². The van der Waals surface area contributed by atoms with Gasteiger partial charge in [-0.25, -0.2) is 9.97 Å². The Bertz CT molecular complexity index is 619. The summed E-state index contributed by atoms with van der Waals surface area (Å²) in [6, 6.07) is 3.56. The van der Waals surface area contributed by atoms with Crippen LogP contribution in [0.3, 0.4) is 0 Å². The van der Waals surface area contributed by atoms with Crippen molar-refractivity contribution >= 4 is 11.7 Å². The molecule has 3 rings (SSSR count). The third-order valence-corrected chi connectivity index (χ3v) is 3.17. The summed E-state index contributed by atoms with van der Waals surface area (Å²) in [6.45, 7) is 2.95. The summed E-state index contributed by atoms with van der Waals surface area (Å²) in [4.78, 5) is 20.4. The average Bonchev–Trinajstić information content (AvgIpc) is 3.10. The molecule has 0 spiro atoms. The molecule has 2 aromatic heterocycles. The summed E-state index contributed by atoms with van der Waals surface area (Å²) in [6.07, 6.45) is 2.38. The standard InChI is InChI=1S/C13H15N5O2/c1-8-15-12(18-17-8)9-2-4-14-11(6-9)16-13(19)10-3-5-20-7-10/h2,4,6,10H,3,5,7H2,1H3,(H,14,16,19)(H,15,17,18). The number of amides is 1. The Kier molecular flexibility index (Phi) is 3.42. The molecule has 0 bridgehead atoms. The second-order valence-electron chi connectivity index (χ2n) is 4.72. The highest BCUT2D eigenvalue weighted by Gasteiger charge is 2.23.